The first kappa shape index (κ1) is 22.8. The zero-order valence-electron chi connectivity index (χ0n) is 16.4. The molecule has 1 heterocycles. The van der Waals surface area contributed by atoms with E-state index in [2.05, 4.69) is 22.2 Å². The van der Waals surface area contributed by atoms with E-state index >= 15 is 0 Å². The van der Waals surface area contributed by atoms with Gasteiger partial charge in [0.15, 0.2) is 0 Å². The van der Waals surface area contributed by atoms with Crippen LogP contribution in [0.3, 0.4) is 0 Å². The van der Waals surface area contributed by atoms with Crippen LogP contribution >= 0.6 is 0 Å². The van der Waals surface area contributed by atoms with Gasteiger partial charge in [-0.2, -0.15) is 0 Å². The molecule has 1 fully saturated rings. The van der Waals surface area contributed by atoms with Gasteiger partial charge in [-0.3, -0.25) is 29.0 Å². The number of nitrogens with one attached hydrogen (secondary N) is 1. The Bertz CT molecular complexity index is 582. The second-order valence-electron chi connectivity index (χ2n) is 6.76. The van der Waals surface area contributed by atoms with Crippen LogP contribution in [0, 0.1) is 0 Å². The van der Waals surface area contributed by atoms with E-state index in [9.17, 15) is 19.2 Å². The lowest BCUT2D eigenvalue weighted by molar-refractivity contribution is -0.150. The minimum atomic E-state index is -1.24. The van der Waals surface area contributed by atoms with Crippen LogP contribution in [0.1, 0.15) is 26.7 Å². The van der Waals surface area contributed by atoms with Crippen molar-refractivity contribution in [3.8, 4) is 0 Å². The molecule has 0 aromatic rings. The Morgan fingerprint density at radius 3 is 2.30 bits per heavy atom. The lowest BCUT2D eigenvalue weighted by Crippen LogP contribution is -2.48. The molecule has 9 heteroatoms. The molecule has 0 spiro atoms. The van der Waals surface area contributed by atoms with Gasteiger partial charge in [-0.25, -0.2) is 0 Å². The maximum atomic E-state index is 12.1. The smallest absolute Gasteiger partial charge is 0.323 e. The molecule has 0 aliphatic carbocycles. The van der Waals surface area contributed by atoms with Crippen LogP contribution < -0.4 is 5.32 Å². The molecule has 0 saturated carbocycles. The molecule has 2 N–H and O–H groups in total. The summed E-state index contributed by atoms with van der Waals surface area (Å²) < 4.78 is 0. The van der Waals surface area contributed by atoms with Crippen molar-refractivity contribution in [1.29, 1.82) is 0 Å². The summed E-state index contributed by atoms with van der Waals surface area (Å²) in [5.74, 6) is -2.47. The summed E-state index contributed by atoms with van der Waals surface area (Å²) in [7, 11) is 2.06. The van der Waals surface area contributed by atoms with E-state index in [1.807, 2.05) is 0 Å². The zero-order valence-corrected chi connectivity index (χ0v) is 16.4. The van der Waals surface area contributed by atoms with Gasteiger partial charge in [0, 0.05) is 45.2 Å². The summed E-state index contributed by atoms with van der Waals surface area (Å²) in [6.45, 7) is 6.64. The first-order valence-electron chi connectivity index (χ1n) is 9.09. The lowest BCUT2D eigenvalue weighted by Gasteiger charge is -2.31. The van der Waals surface area contributed by atoms with E-state index in [4.69, 9.17) is 5.11 Å². The highest BCUT2D eigenvalue weighted by Gasteiger charge is 2.21. The molecule has 0 bridgehead atoms. The number of carbonyl (C=O) groups is 4. The van der Waals surface area contributed by atoms with Gasteiger partial charge in [0.25, 0.3) is 5.91 Å². The number of aliphatic carboxylic acids is 1. The van der Waals surface area contributed by atoms with E-state index in [0.29, 0.717) is 36.4 Å². The van der Waals surface area contributed by atoms with Crippen LogP contribution in [-0.2, 0) is 19.2 Å². The van der Waals surface area contributed by atoms with E-state index in [0.717, 1.165) is 33.1 Å². The molecule has 0 aromatic heterocycles. The van der Waals surface area contributed by atoms with Crippen molar-refractivity contribution in [3.63, 3.8) is 0 Å². The average Bonchev–Trinajstić information content (AvgIpc) is 2.60. The van der Waals surface area contributed by atoms with Crippen molar-refractivity contribution in [1.82, 2.24) is 20.0 Å². The van der Waals surface area contributed by atoms with Crippen molar-refractivity contribution in [3.05, 3.63) is 11.6 Å². The third kappa shape index (κ3) is 8.78. The molecule has 0 radical (unpaired) electrons. The van der Waals surface area contributed by atoms with Crippen molar-refractivity contribution in [2.24, 2.45) is 0 Å². The van der Waals surface area contributed by atoms with Gasteiger partial charge in [-0.05, 0) is 26.8 Å². The number of allylic oxidation sites excluding steroid dienone is 1. The highest BCUT2D eigenvalue weighted by molar-refractivity contribution is 6.05. The van der Waals surface area contributed by atoms with Gasteiger partial charge >= 0.3 is 5.97 Å². The molecular formula is C18H30N4O5. The SMILES string of the molecule is CC(=O)N(CC(=O)O)C(=O)/C(C)=C\CCCNC(=O)CN1CCN(C)CC1. The Kier molecular flexibility index (Phi) is 9.66. The fourth-order valence-corrected chi connectivity index (χ4v) is 2.67. The third-order valence-corrected chi connectivity index (χ3v) is 4.37. The number of hydrogen-bond donors (Lipinski definition) is 2. The van der Waals surface area contributed by atoms with Gasteiger partial charge in [-0.15, -0.1) is 0 Å². The largest absolute Gasteiger partial charge is 0.480 e. The Labute approximate surface area is 160 Å². The summed E-state index contributed by atoms with van der Waals surface area (Å²) >= 11 is 0. The maximum absolute atomic E-state index is 12.1. The van der Waals surface area contributed by atoms with Crippen molar-refractivity contribution in [2.75, 3.05) is 52.9 Å². The number of carboxylic acid groups (broad SMARTS) is 1. The van der Waals surface area contributed by atoms with Gasteiger partial charge < -0.3 is 15.3 Å². The predicted molar refractivity (Wildman–Crippen MR) is 100.0 cm³/mol. The van der Waals surface area contributed by atoms with Crippen LogP contribution in [0.5, 0.6) is 0 Å². The molecule has 1 aliphatic heterocycles. The average molecular weight is 382 g/mol. The number of nitrogens with zero attached hydrogens (tertiary/aromatic N) is 3. The number of unbranched alkanes of at least 4 members (excludes halogenated alkanes) is 1. The highest BCUT2D eigenvalue weighted by atomic mass is 16.4. The number of rotatable bonds is 9. The summed E-state index contributed by atoms with van der Waals surface area (Å²) in [6.07, 6.45) is 2.86. The number of carboxylic acids is 1. The second-order valence-corrected chi connectivity index (χ2v) is 6.76. The standard InChI is InChI=1S/C18H30N4O5/c1-14(18(27)22(15(2)23)13-17(25)26)6-4-5-7-19-16(24)12-21-10-8-20(3)9-11-21/h6H,4-5,7-13H2,1-3H3,(H,19,24)(H,25,26)/b14-6-. The molecule has 0 aromatic carbocycles. The van der Waals surface area contributed by atoms with Gasteiger partial charge in [0.2, 0.25) is 11.8 Å². The van der Waals surface area contributed by atoms with E-state index in [1.165, 1.54) is 0 Å². The minimum absolute atomic E-state index is 0.0134. The van der Waals surface area contributed by atoms with E-state index in [1.54, 1.807) is 13.0 Å². The Morgan fingerprint density at radius 2 is 1.74 bits per heavy atom. The topological polar surface area (TPSA) is 110 Å². The fourth-order valence-electron chi connectivity index (χ4n) is 2.67. The lowest BCUT2D eigenvalue weighted by atomic mass is 10.2. The molecule has 1 aliphatic rings. The van der Waals surface area contributed by atoms with Crippen LogP contribution in [0.4, 0.5) is 0 Å². The Balaban J connectivity index is 2.30. The van der Waals surface area contributed by atoms with Crippen LogP contribution in [0.25, 0.3) is 0 Å². The zero-order chi connectivity index (χ0) is 20.4. The monoisotopic (exact) mass is 382 g/mol. The second kappa shape index (κ2) is 11.5. The number of imide groups is 1. The maximum Gasteiger partial charge on any atom is 0.323 e. The van der Waals surface area contributed by atoms with Gasteiger partial charge in [-0.1, -0.05) is 6.08 Å². The Morgan fingerprint density at radius 1 is 1.11 bits per heavy atom. The molecule has 1 saturated heterocycles. The molecule has 9 nitrogen and oxygen atoms in total. The molecule has 1 rings (SSSR count). The van der Waals surface area contributed by atoms with E-state index < -0.39 is 24.3 Å². The fraction of sp³-hybridized carbons (Fsp3) is 0.667. The third-order valence-electron chi connectivity index (χ3n) is 4.37. The van der Waals surface area contributed by atoms with Crippen molar-refractivity contribution >= 4 is 23.7 Å². The number of amides is 3. The van der Waals surface area contributed by atoms with Crippen molar-refractivity contribution in [2.45, 2.75) is 26.7 Å². The highest BCUT2D eigenvalue weighted by Crippen LogP contribution is 2.05. The minimum Gasteiger partial charge on any atom is -0.480 e. The first-order chi connectivity index (χ1) is 12.7. The van der Waals surface area contributed by atoms with Crippen LogP contribution in [-0.4, -0.2) is 96.4 Å². The number of piperazine rings is 1. The number of likely N-dealkylation sites (N-methyl/N-ethyl adjacent to an activating group) is 1. The molecular weight excluding hydrogens is 352 g/mol. The number of carbonyl (C=O) groups excluding carboxylic acids is 3. The van der Waals surface area contributed by atoms with Crippen LogP contribution in [0.15, 0.2) is 11.6 Å². The molecule has 0 atom stereocenters. The quantitative estimate of drug-likeness (QED) is 0.410. The molecule has 152 valence electrons. The molecule has 0 unspecified atom stereocenters. The van der Waals surface area contributed by atoms with Gasteiger partial charge in [0.05, 0.1) is 6.54 Å². The normalized spacial score (nSPS) is 16.0. The van der Waals surface area contributed by atoms with E-state index in [-0.39, 0.29) is 5.91 Å². The summed E-state index contributed by atoms with van der Waals surface area (Å²) in [5, 5.41) is 11.6. The van der Waals surface area contributed by atoms with Crippen molar-refractivity contribution < 1.29 is 24.3 Å². The summed E-state index contributed by atoms with van der Waals surface area (Å²) in [4.78, 5) is 51.3. The molecule has 3 amide bonds. The summed E-state index contributed by atoms with van der Waals surface area (Å²) in [5.41, 5.74) is 0.315. The number of hydrogen-bond acceptors (Lipinski definition) is 6. The predicted octanol–water partition coefficient (Wildman–Crippen LogP) is -0.464. The summed E-state index contributed by atoms with van der Waals surface area (Å²) in [6, 6.07) is 0. The molecule has 27 heavy (non-hydrogen) atoms. The van der Waals surface area contributed by atoms with Gasteiger partial charge in [0.1, 0.15) is 6.54 Å². The first-order valence-corrected chi connectivity index (χ1v) is 9.09. The Hall–Kier alpha value is -2.26. The van der Waals surface area contributed by atoms with Crippen LogP contribution in [0.2, 0.25) is 0 Å².